The van der Waals surface area contributed by atoms with Crippen LogP contribution in [0, 0.1) is 18.3 Å². The van der Waals surface area contributed by atoms with Crippen LogP contribution in [-0.2, 0) is 0 Å². The highest BCUT2D eigenvalue weighted by Crippen LogP contribution is 2.28. The summed E-state index contributed by atoms with van der Waals surface area (Å²) in [6, 6.07) is 11.9. The van der Waals surface area contributed by atoms with Gasteiger partial charge in [0.05, 0.1) is 23.5 Å². The Morgan fingerprint density at radius 1 is 1.27 bits per heavy atom. The van der Waals surface area contributed by atoms with Crippen LogP contribution in [0.5, 0.6) is 0 Å². The summed E-state index contributed by atoms with van der Waals surface area (Å²) in [5, 5.41) is 10.2. The number of H-pyrrole nitrogens is 1. The lowest BCUT2D eigenvalue weighted by Gasteiger charge is -2.29. The minimum Gasteiger partial charge on any atom is -0.366 e. The molecule has 0 atom stereocenters. The molecule has 1 aromatic carbocycles. The SMILES string of the molecule is Cc1c(N2CC=C(C=Cc3cccc(C#N)c3)CC2)cnc2[nH]ccc12. The smallest absolute Gasteiger partial charge is 0.137 e. The lowest BCUT2D eigenvalue weighted by atomic mass is 10.0. The maximum atomic E-state index is 8.99. The van der Waals surface area contributed by atoms with Gasteiger partial charge in [-0.05, 0) is 48.2 Å². The lowest BCUT2D eigenvalue weighted by Crippen LogP contribution is -2.29. The van der Waals surface area contributed by atoms with E-state index in [1.165, 1.54) is 22.2 Å². The Labute approximate surface area is 153 Å². The van der Waals surface area contributed by atoms with Crippen LogP contribution in [0.2, 0.25) is 0 Å². The topological polar surface area (TPSA) is 55.7 Å². The van der Waals surface area contributed by atoms with Crippen molar-refractivity contribution in [3.63, 3.8) is 0 Å². The van der Waals surface area contributed by atoms with Crippen molar-refractivity contribution in [2.75, 3.05) is 18.0 Å². The highest BCUT2D eigenvalue weighted by Gasteiger charge is 2.15. The van der Waals surface area contributed by atoms with E-state index in [9.17, 15) is 0 Å². The fourth-order valence-corrected chi connectivity index (χ4v) is 3.42. The maximum Gasteiger partial charge on any atom is 0.137 e. The third kappa shape index (κ3) is 3.12. The molecule has 0 aliphatic carbocycles. The Morgan fingerprint density at radius 3 is 3.00 bits per heavy atom. The molecule has 26 heavy (non-hydrogen) atoms. The van der Waals surface area contributed by atoms with E-state index < -0.39 is 0 Å². The molecule has 0 amide bonds. The van der Waals surface area contributed by atoms with Gasteiger partial charge in [-0.3, -0.25) is 0 Å². The fourth-order valence-electron chi connectivity index (χ4n) is 3.42. The van der Waals surface area contributed by atoms with E-state index >= 15 is 0 Å². The Kier molecular flexibility index (Phi) is 4.28. The first-order valence-corrected chi connectivity index (χ1v) is 8.79. The summed E-state index contributed by atoms with van der Waals surface area (Å²) >= 11 is 0. The number of pyridine rings is 1. The summed E-state index contributed by atoms with van der Waals surface area (Å²) in [5.74, 6) is 0. The number of hydrogen-bond acceptors (Lipinski definition) is 3. The molecule has 1 N–H and O–H groups in total. The van der Waals surface area contributed by atoms with Gasteiger partial charge in [0.1, 0.15) is 5.65 Å². The molecule has 1 aliphatic heterocycles. The summed E-state index contributed by atoms with van der Waals surface area (Å²) in [6.45, 7) is 4.03. The first-order valence-electron chi connectivity index (χ1n) is 8.79. The number of rotatable bonds is 3. The number of aryl methyl sites for hydroxylation is 1. The predicted molar refractivity (Wildman–Crippen MR) is 106 cm³/mol. The lowest BCUT2D eigenvalue weighted by molar-refractivity contribution is 0.797. The molecule has 0 fully saturated rings. The van der Waals surface area contributed by atoms with Crippen molar-refractivity contribution in [1.82, 2.24) is 9.97 Å². The summed E-state index contributed by atoms with van der Waals surface area (Å²) in [4.78, 5) is 10.1. The van der Waals surface area contributed by atoms with E-state index in [0.717, 1.165) is 30.7 Å². The van der Waals surface area contributed by atoms with Crippen LogP contribution >= 0.6 is 0 Å². The molecule has 128 valence electrons. The third-order valence-electron chi connectivity index (χ3n) is 4.92. The molecule has 0 spiro atoms. The normalized spacial score (nSPS) is 14.6. The van der Waals surface area contributed by atoms with Crippen LogP contribution in [0.25, 0.3) is 17.1 Å². The van der Waals surface area contributed by atoms with Crippen molar-refractivity contribution in [2.45, 2.75) is 13.3 Å². The first-order chi connectivity index (χ1) is 12.7. The highest BCUT2D eigenvalue weighted by molar-refractivity contribution is 5.84. The van der Waals surface area contributed by atoms with Gasteiger partial charge in [0.15, 0.2) is 0 Å². The Morgan fingerprint density at radius 2 is 2.19 bits per heavy atom. The van der Waals surface area contributed by atoms with Gasteiger partial charge in [0.2, 0.25) is 0 Å². The minimum atomic E-state index is 0.694. The van der Waals surface area contributed by atoms with Crippen molar-refractivity contribution in [1.29, 1.82) is 5.26 Å². The zero-order valence-corrected chi connectivity index (χ0v) is 14.7. The minimum absolute atomic E-state index is 0.694. The van der Waals surface area contributed by atoms with Crippen LogP contribution in [0.4, 0.5) is 5.69 Å². The van der Waals surface area contributed by atoms with E-state index in [1.807, 2.05) is 36.7 Å². The predicted octanol–water partition coefficient (Wildman–Crippen LogP) is 4.59. The average molecular weight is 340 g/mol. The molecule has 0 unspecified atom stereocenters. The third-order valence-corrected chi connectivity index (χ3v) is 4.92. The molecule has 0 saturated carbocycles. The Hall–Kier alpha value is -3.32. The van der Waals surface area contributed by atoms with Crippen LogP contribution in [0.3, 0.4) is 0 Å². The van der Waals surface area contributed by atoms with Crippen LogP contribution in [0.15, 0.2) is 60.5 Å². The highest BCUT2D eigenvalue weighted by atomic mass is 15.1. The molecule has 0 bridgehead atoms. The van der Waals surface area contributed by atoms with E-state index in [2.05, 4.69) is 52.2 Å². The zero-order chi connectivity index (χ0) is 17.9. The van der Waals surface area contributed by atoms with Crippen molar-refractivity contribution in [2.24, 2.45) is 0 Å². The average Bonchev–Trinajstić information content (AvgIpc) is 3.17. The number of benzene rings is 1. The van der Waals surface area contributed by atoms with Gasteiger partial charge in [-0.25, -0.2) is 4.98 Å². The van der Waals surface area contributed by atoms with Crippen LogP contribution in [0.1, 0.15) is 23.1 Å². The van der Waals surface area contributed by atoms with Gasteiger partial charge >= 0.3 is 0 Å². The zero-order valence-electron chi connectivity index (χ0n) is 14.7. The largest absolute Gasteiger partial charge is 0.366 e. The molecule has 0 radical (unpaired) electrons. The van der Waals surface area contributed by atoms with Gasteiger partial charge in [-0.1, -0.05) is 30.4 Å². The first kappa shape index (κ1) is 16.2. The van der Waals surface area contributed by atoms with Gasteiger partial charge in [-0.15, -0.1) is 0 Å². The number of nitrogens with one attached hydrogen (secondary N) is 1. The molecule has 4 rings (SSSR count). The second-order valence-electron chi connectivity index (χ2n) is 6.55. The van der Waals surface area contributed by atoms with Gasteiger partial charge in [0.25, 0.3) is 0 Å². The van der Waals surface area contributed by atoms with Crippen molar-refractivity contribution in [3.8, 4) is 6.07 Å². The summed E-state index contributed by atoms with van der Waals surface area (Å²) in [5.41, 5.74) is 6.51. The van der Waals surface area contributed by atoms with E-state index in [1.54, 1.807) is 0 Å². The van der Waals surface area contributed by atoms with E-state index in [0.29, 0.717) is 5.56 Å². The second kappa shape index (κ2) is 6.89. The number of aromatic amines is 1. The Bertz CT molecular complexity index is 1050. The quantitative estimate of drug-likeness (QED) is 0.758. The molecule has 1 aliphatic rings. The van der Waals surface area contributed by atoms with Crippen molar-refractivity contribution < 1.29 is 0 Å². The summed E-state index contributed by atoms with van der Waals surface area (Å²) < 4.78 is 0. The molecule has 3 heterocycles. The second-order valence-corrected chi connectivity index (χ2v) is 6.55. The molecule has 4 nitrogen and oxygen atoms in total. The van der Waals surface area contributed by atoms with Gasteiger partial charge in [-0.2, -0.15) is 5.26 Å². The van der Waals surface area contributed by atoms with Crippen LogP contribution < -0.4 is 4.90 Å². The number of aromatic nitrogens is 2. The maximum absolute atomic E-state index is 8.99. The van der Waals surface area contributed by atoms with Crippen molar-refractivity contribution in [3.05, 3.63) is 77.1 Å². The molecular formula is C22H20N4. The number of hydrogen-bond donors (Lipinski definition) is 1. The number of anilines is 1. The monoisotopic (exact) mass is 340 g/mol. The Balaban J connectivity index is 1.50. The standard InChI is InChI=1S/C22H20N4/c1-16-20-7-10-24-22(20)25-15-21(16)26-11-8-17(9-12-26)5-6-18-3-2-4-19(13-18)14-23/h2-8,10,13,15H,9,11-12H2,1H3,(H,24,25). The summed E-state index contributed by atoms with van der Waals surface area (Å²) in [6.07, 6.45) is 11.4. The van der Waals surface area contributed by atoms with Crippen LogP contribution in [-0.4, -0.2) is 23.1 Å². The number of fused-ring (bicyclic) bond motifs is 1. The van der Waals surface area contributed by atoms with Gasteiger partial charge < -0.3 is 9.88 Å². The fraction of sp³-hybridized carbons (Fsp3) is 0.182. The van der Waals surface area contributed by atoms with E-state index in [4.69, 9.17) is 5.26 Å². The number of allylic oxidation sites excluding steroid dienone is 1. The molecule has 0 saturated heterocycles. The molecule has 4 heteroatoms. The van der Waals surface area contributed by atoms with Gasteiger partial charge in [0, 0.05) is 24.7 Å². The summed E-state index contributed by atoms with van der Waals surface area (Å²) in [7, 11) is 0. The molecule has 3 aromatic rings. The molecular weight excluding hydrogens is 320 g/mol. The number of nitrogens with zero attached hydrogens (tertiary/aromatic N) is 3. The number of nitriles is 1. The van der Waals surface area contributed by atoms with Crippen molar-refractivity contribution >= 4 is 22.8 Å². The van der Waals surface area contributed by atoms with E-state index in [-0.39, 0.29) is 0 Å². The molecule has 2 aromatic heterocycles.